The molecule has 0 aliphatic heterocycles. The molecule has 0 saturated carbocycles. The lowest BCUT2D eigenvalue weighted by atomic mass is 10.7. The van der Waals surface area contributed by atoms with Gasteiger partial charge in [0.05, 0.1) is 21.3 Å². The van der Waals surface area contributed by atoms with Gasteiger partial charge < -0.3 is 20.1 Å². The molecular formula is C10H20N6O7. The maximum atomic E-state index is 9.18. The van der Waals surface area contributed by atoms with E-state index in [-0.39, 0.29) is 17.8 Å². The number of carbonyl (C=O) groups is 1. The van der Waals surface area contributed by atoms with Gasteiger partial charge in [-0.1, -0.05) is 0 Å². The number of rotatable bonds is 9. The van der Waals surface area contributed by atoms with E-state index in [1.807, 2.05) is 6.79 Å². The molecule has 0 fully saturated rings. The molecule has 0 spiro atoms. The first-order chi connectivity index (χ1) is 11.1. The van der Waals surface area contributed by atoms with Gasteiger partial charge in [0.2, 0.25) is 0 Å². The number of carbonyl (C=O) groups excluding carboxylic acids is 1. The van der Waals surface area contributed by atoms with E-state index in [2.05, 4.69) is 15.0 Å². The van der Waals surface area contributed by atoms with Crippen LogP contribution in [-0.2, 0) is 19.3 Å². The second-order valence-electron chi connectivity index (χ2n) is 3.34. The molecule has 13 heteroatoms. The minimum absolute atomic E-state index is 0.0778. The lowest BCUT2D eigenvalue weighted by Crippen LogP contribution is -2.32. The van der Waals surface area contributed by atoms with E-state index < -0.39 is 20.2 Å². The van der Waals surface area contributed by atoms with Gasteiger partial charge in [-0.05, 0) is 0 Å². The highest BCUT2D eigenvalue weighted by Crippen LogP contribution is 2.18. The van der Waals surface area contributed by atoms with Gasteiger partial charge in [-0.15, -0.1) is 0 Å². The standard InChI is InChI=1S/C9H18N6O6.CH2O/c1-19-13(4-16)7-10-8(14(5-17)20-2)12-9(11-7)15(6-18)21-3;1-2/h16-18H,4-6H2,1-3H3;1H2. The Labute approximate surface area is 132 Å². The van der Waals surface area contributed by atoms with E-state index in [1.165, 1.54) is 21.3 Å². The number of anilines is 3. The van der Waals surface area contributed by atoms with Gasteiger partial charge in [0.25, 0.3) is 17.8 Å². The fourth-order valence-electron chi connectivity index (χ4n) is 1.29. The van der Waals surface area contributed by atoms with Crippen LogP contribution >= 0.6 is 0 Å². The number of aliphatic hydroxyl groups excluding tert-OH is 3. The van der Waals surface area contributed by atoms with Gasteiger partial charge in [0, 0.05) is 0 Å². The van der Waals surface area contributed by atoms with E-state index in [0.29, 0.717) is 0 Å². The molecule has 0 amide bonds. The molecule has 0 radical (unpaired) electrons. The largest absolute Gasteiger partial charge is 0.374 e. The van der Waals surface area contributed by atoms with Gasteiger partial charge in [0.1, 0.15) is 27.0 Å². The van der Waals surface area contributed by atoms with Crippen LogP contribution in [0.1, 0.15) is 0 Å². The molecule has 23 heavy (non-hydrogen) atoms. The fraction of sp³-hybridized carbons (Fsp3) is 0.600. The Morgan fingerprint density at radius 2 is 0.957 bits per heavy atom. The predicted molar refractivity (Wildman–Crippen MR) is 76.7 cm³/mol. The summed E-state index contributed by atoms with van der Waals surface area (Å²) in [5.74, 6) is -0.233. The van der Waals surface area contributed by atoms with Gasteiger partial charge in [-0.2, -0.15) is 30.1 Å². The quantitative estimate of drug-likeness (QED) is 0.325. The number of aromatic nitrogens is 3. The third-order valence-corrected chi connectivity index (χ3v) is 2.32. The second-order valence-corrected chi connectivity index (χ2v) is 3.34. The molecular weight excluding hydrogens is 316 g/mol. The van der Waals surface area contributed by atoms with Crippen LogP contribution in [0.4, 0.5) is 17.8 Å². The summed E-state index contributed by atoms with van der Waals surface area (Å²) in [6.45, 7) is 0.410. The molecule has 0 atom stereocenters. The van der Waals surface area contributed by atoms with Crippen LogP contribution in [0.2, 0.25) is 0 Å². The summed E-state index contributed by atoms with van der Waals surface area (Å²) < 4.78 is 0. The summed E-state index contributed by atoms with van der Waals surface area (Å²) in [5.41, 5.74) is 0. The maximum Gasteiger partial charge on any atom is 0.258 e. The van der Waals surface area contributed by atoms with E-state index in [1.54, 1.807) is 0 Å². The van der Waals surface area contributed by atoms with Crippen LogP contribution in [-0.4, -0.2) is 78.6 Å². The lowest BCUT2D eigenvalue weighted by Gasteiger charge is -2.23. The van der Waals surface area contributed by atoms with Crippen molar-refractivity contribution in [3.05, 3.63) is 0 Å². The molecule has 3 N–H and O–H groups in total. The van der Waals surface area contributed by atoms with Crippen LogP contribution in [0.15, 0.2) is 0 Å². The Balaban J connectivity index is 0.00000232. The van der Waals surface area contributed by atoms with E-state index in [9.17, 15) is 15.3 Å². The minimum Gasteiger partial charge on any atom is -0.374 e. The Morgan fingerprint density at radius 3 is 1.09 bits per heavy atom. The molecule has 1 rings (SSSR count). The Hall–Kier alpha value is -2.16. The molecule has 0 bridgehead atoms. The number of aliphatic hydroxyl groups is 3. The van der Waals surface area contributed by atoms with Crippen molar-refractivity contribution >= 4 is 24.6 Å². The van der Waals surface area contributed by atoms with Gasteiger partial charge in [-0.25, -0.2) is 0 Å². The van der Waals surface area contributed by atoms with Gasteiger partial charge in [-0.3, -0.25) is 14.5 Å². The van der Waals surface area contributed by atoms with Crippen LogP contribution < -0.4 is 15.2 Å². The van der Waals surface area contributed by atoms with Crippen molar-refractivity contribution in [1.29, 1.82) is 0 Å². The average molecular weight is 336 g/mol. The zero-order valence-corrected chi connectivity index (χ0v) is 13.0. The summed E-state index contributed by atoms with van der Waals surface area (Å²) in [6, 6.07) is 0. The van der Waals surface area contributed by atoms with Crippen molar-refractivity contribution in [3.8, 4) is 0 Å². The molecule has 1 aromatic heterocycles. The van der Waals surface area contributed by atoms with Crippen molar-refractivity contribution in [1.82, 2.24) is 15.0 Å². The van der Waals surface area contributed by atoms with Crippen molar-refractivity contribution < 1.29 is 34.6 Å². The zero-order valence-electron chi connectivity index (χ0n) is 13.0. The van der Waals surface area contributed by atoms with Crippen LogP contribution in [0.25, 0.3) is 0 Å². The molecule has 0 aromatic carbocycles. The van der Waals surface area contributed by atoms with Crippen molar-refractivity contribution in [2.24, 2.45) is 0 Å². The Kier molecular flexibility index (Phi) is 10.3. The highest BCUT2D eigenvalue weighted by molar-refractivity contribution is 5.42. The first-order valence-corrected chi connectivity index (χ1v) is 5.97. The fourth-order valence-corrected chi connectivity index (χ4v) is 1.29. The Morgan fingerprint density at radius 1 is 0.739 bits per heavy atom. The number of hydrogen-bond acceptors (Lipinski definition) is 13. The monoisotopic (exact) mass is 336 g/mol. The number of hydrogen-bond donors (Lipinski definition) is 3. The molecule has 1 heterocycles. The average Bonchev–Trinajstić information content (AvgIpc) is 2.60. The van der Waals surface area contributed by atoms with E-state index >= 15 is 0 Å². The molecule has 132 valence electrons. The summed E-state index contributed by atoms with van der Waals surface area (Å²) in [7, 11) is 3.92. The molecule has 13 nitrogen and oxygen atoms in total. The van der Waals surface area contributed by atoms with Crippen LogP contribution in [0.3, 0.4) is 0 Å². The van der Waals surface area contributed by atoms with Crippen molar-refractivity contribution in [3.63, 3.8) is 0 Å². The first-order valence-electron chi connectivity index (χ1n) is 5.97. The number of nitrogens with zero attached hydrogens (tertiary/aromatic N) is 6. The molecule has 0 unspecified atom stereocenters. The molecule has 0 aliphatic carbocycles. The molecule has 1 aromatic rings. The third-order valence-electron chi connectivity index (χ3n) is 2.32. The third kappa shape index (κ3) is 5.51. The van der Waals surface area contributed by atoms with E-state index in [0.717, 1.165) is 15.2 Å². The predicted octanol–water partition coefficient (Wildman–Crippen LogP) is -2.36. The first kappa shape index (κ1) is 20.8. The zero-order chi connectivity index (χ0) is 17.8. The highest BCUT2D eigenvalue weighted by atomic mass is 16.7. The van der Waals surface area contributed by atoms with Gasteiger partial charge in [0.15, 0.2) is 0 Å². The number of hydroxylamine groups is 3. The minimum atomic E-state index is -0.530. The topological polar surface area (TPSA) is 154 Å². The van der Waals surface area contributed by atoms with Crippen molar-refractivity contribution in [2.75, 3.05) is 56.7 Å². The molecule has 0 aliphatic rings. The second kappa shape index (κ2) is 11.4. The highest BCUT2D eigenvalue weighted by Gasteiger charge is 2.20. The lowest BCUT2D eigenvalue weighted by molar-refractivity contribution is -0.0979. The van der Waals surface area contributed by atoms with Crippen molar-refractivity contribution in [2.45, 2.75) is 0 Å². The summed E-state index contributed by atoms with van der Waals surface area (Å²) >= 11 is 0. The Bertz CT molecular complexity index is 367. The summed E-state index contributed by atoms with van der Waals surface area (Å²) in [6.07, 6.45) is 0. The molecule has 0 saturated heterocycles. The SMILES string of the molecule is C=O.CON(CO)c1nc(N(CO)OC)nc(N(CO)OC)n1. The van der Waals surface area contributed by atoms with Crippen LogP contribution in [0.5, 0.6) is 0 Å². The van der Waals surface area contributed by atoms with E-state index in [4.69, 9.17) is 19.3 Å². The van der Waals surface area contributed by atoms with Crippen LogP contribution in [0, 0.1) is 0 Å². The normalized spacial score (nSPS) is 9.83. The smallest absolute Gasteiger partial charge is 0.258 e. The maximum absolute atomic E-state index is 9.18. The summed E-state index contributed by atoms with van der Waals surface area (Å²) in [4.78, 5) is 34.5. The summed E-state index contributed by atoms with van der Waals surface area (Å²) in [5, 5.41) is 30.4. The van der Waals surface area contributed by atoms with Gasteiger partial charge >= 0.3 is 0 Å².